The monoisotopic (exact) mass is 1280 g/mol. The molecule has 1 atom stereocenters. The highest BCUT2D eigenvalue weighted by Gasteiger charge is 2.56. The largest absolute Gasteiger partial charge is 0.242 e. The molecule has 0 aliphatic heterocycles. The summed E-state index contributed by atoms with van der Waals surface area (Å²) in [5.41, 5.74) is 14.4. The summed E-state index contributed by atoms with van der Waals surface area (Å²) in [6, 6.07) is 11.3. The molecule has 14 heteroatoms. The van der Waals surface area contributed by atoms with Crippen LogP contribution in [-0.4, -0.2) is 110 Å². The van der Waals surface area contributed by atoms with E-state index >= 15 is 0 Å². The van der Waals surface area contributed by atoms with Gasteiger partial charge in [-0.05, 0) is 95.5 Å². The Morgan fingerprint density at radius 3 is 0.923 bits per heavy atom. The molecule has 1 aliphatic carbocycles. The van der Waals surface area contributed by atoms with Crippen LogP contribution in [0.3, 0.4) is 0 Å². The molecule has 0 radical (unpaired) electrons. The smallest absolute Gasteiger partial charge is 0.175 e. The van der Waals surface area contributed by atoms with Gasteiger partial charge >= 0.3 is 0 Å². The van der Waals surface area contributed by atoms with Crippen molar-refractivity contribution < 1.29 is 0 Å². The molecule has 1 nitrogen and oxygen atoms in total. The van der Waals surface area contributed by atoms with Gasteiger partial charge in [-0.1, -0.05) is 282 Å². The second-order valence-electron chi connectivity index (χ2n) is 38.7. The van der Waals surface area contributed by atoms with Gasteiger partial charge in [0, 0.05) is 103 Å². The first-order chi connectivity index (χ1) is 34.1. The van der Waals surface area contributed by atoms with E-state index in [0.29, 0.717) is 31.0 Å². The molecule has 78 heavy (non-hydrogen) atoms. The molecular weight excluding hydrogens is 1150 g/mol. The highest BCUT2D eigenvalue weighted by atomic mass is 28.4. The Hall–Kier alpha value is 0.0995. The third-order valence-electron chi connectivity index (χ3n) is 17.7. The van der Waals surface area contributed by atoms with E-state index in [1.54, 1.807) is 21.9 Å². The van der Waals surface area contributed by atoms with E-state index in [-0.39, 0.29) is 5.92 Å². The normalized spacial score (nSPS) is 17.6. The van der Waals surface area contributed by atoms with E-state index in [2.05, 4.69) is 287 Å². The first kappa shape index (κ1) is 72.4. The Labute approximate surface area is 501 Å². The SMILES string of the molecule is [C-]#[N+]C1=C(C([Si](C)(C)C)[Si](C)(C)C)C=C(C([Si](C)(C)C)[Si](C)(C)C)C(=[Si](c2c(C)cc(C)cc2C)c2c(C([Si](C)(C)C)[Si](C)(C)C)cc(C([Si](C)(C)C)[Si](C)(C)C)cc2C([Si](C)(C)C)[Si](C)(C)C)C1C([Si](C)(C)C)[Si](C)(C)C. The van der Waals surface area contributed by atoms with Gasteiger partial charge in [-0.25, -0.2) is 4.85 Å². The molecule has 0 bridgehead atoms. The minimum Gasteiger partial charge on any atom is -0.242 e. The van der Waals surface area contributed by atoms with E-state index in [0.717, 1.165) is 0 Å². The Balaban J connectivity index is 3.60. The van der Waals surface area contributed by atoms with Gasteiger partial charge in [0.2, 0.25) is 0 Å². The predicted octanol–water partition coefficient (Wildman–Crippen LogP) is 21.0. The van der Waals surface area contributed by atoms with Gasteiger partial charge in [0.05, 0.1) is 15.0 Å². The summed E-state index contributed by atoms with van der Waals surface area (Å²) in [5.74, 6) is 0.127. The molecule has 1 aliphatic rings. The summed E-state index contributed by atoms with van der Waals surface area (Å²) < 4.78 is 0. The maximum Gasteiger partial charge on any atom is 0.175 e. The van der Waals surface area contributed by atoms with E-state index in [9.17, 15) is 6.57 Å². The van der Waals surface area contributed by atoms with Crippen molar-refractivity contribution in [3.63, 3.8) is 0 Å². The fraction of sp³-hybridized carbons (Fsp3) is 0.719. The van der Waals surface area contributed by atoms with Gasteiger partial charge < -0.3 is 0 Å². The quantitative estimate of drug-likeness (QED) is 0.0919. The first-order valence-electron chi connectivity index (χ1n) is 30.9. The average Bonchev–Trinajstić information content (AvgIpc) is 3.06. The molecular formula is C64H129NSi13. The highest BCUT2D eigenvalue weighted by molar-refractivity contribution is 7.04. The van der Waals surface area contributed by atoms with E-state index in [4.69, 9.17) is 4.85 Å². The number of nitrogens with zero attached hydrogens (tertiary/aromatic N) is 1. The molecule has 0 N–H and O–H groups in total. The molecule has 0 saturated carbocycles. The fourth-order valence-corrected chi connectivity index (χ4v) is 101. The molecule has 442 valence electrons. The maximum atomic E-state index is 10.1. The molecule has 0 heterocycles. The van der Waals surface area contributed by atoms with Crippen LogP contribution in [0.4, 0.5) is 0 Å². The van der Waals surface area contributed by atoms with Gasteiger partial charge in [0.15, 0.2) is 5.70 Å². The second kappa shape index (κ2) is 23.4. The molecule has 2 aromatic rings. The van der Waals surface area contributed by atoms with Crippen LogP contribution in [0.25, 0.3) is 4.85 Å². The maximum absolute atomic E-state index is 10.1. The topological polar surface area (TPSA) is 4.36 Å². The second-order valence-corrected chi connectivity index (χ2v) is 108. The number of benzene rings is 2. The lowest BCUT2D eigenvalue weighted by Crippen LogP contribution is -2.60. The Kier molecular flexibility index (Phi) is 21.7. The van der Waals surface area contributed by atoms with Crippen molar-refractivity contribution in [3.8, 4) is 0 Å². The zero-order valence-corrected chi connectivity index (χ0v) is 72.4. The van der Waals surface area contributed by atoms with Gasteiger partial charge in [-0.3, -0.25) is 0 Å². The highest BCUT2D eigenvalue weighted by Crippen LogP contribution is 2.55. The number of hydrogen-bond acceptors (Lipinski definition) is 0. The number of allylic oxidation sites excluding steroid dienone is 4. The third-order valence-corrected chi connectivity index (χ3v) is 77.3. The summed E-state index contributed by atoms with van der Waals surface area (Å²) in [5, 5.41) is 8.77. The van der Waals surface area contributed by atoms with Crippen LogP contribution in [0.2, 0.25) is 251 Å². The molecule has 1 unspecified atom stereocenters. The molecule has 0 spiro atoms. The lowest BCUT2D eigenvalue weighted by Gasteiger charge is -2.52. The van der Waals surface area contributed by atoms with Crippen LogP contribution in [0, 0.1) is 33.3 Å². The average molecular weight is 1280 g/mol. The minimum absolute atomic E-state index is 0.127. The summed E-state index contributed by atoms with van der Waals surface area (Å²) in [6.07, 6.45) is 2.96. The molecule has 2 aromatic carbocycles. The standard InChI is InChI=1S/C64H129NSi13/c1-46-41-47(2)56(48(3)42-46)66(57-51(61(71(17,18)19)72(20,21)22)43-49(59(67(5,6)7)68(8,9)10)44-52(57)62(73(23,24)25)74(26,27)28)58-53(63(75(29,30)31)76(32,33)34)45-50(60(69(11,12)13)70(14,15)16)55(65-4)54(58)64(77(35,36)37)78(38,39)40/h41-45,54,59-64H,1-3,5-40H3. The van der Waals surface area contributed by atoms with Crippen LogP contribution >= 0.6 is 0 Å². The lowest BCUT2D eigenvalue weighted by molar-refractivity contribution is 0.822. The van der Waals surface area contributed by atoms with Crippen LogP contribution in [0.1, 0.15) is 48.9 Å². The molecule has 0 amide bonds. The van der Waals surface area contributed by atoms with Crippen molar-refractivity contribution >= 4 is 121 Å². The Morgan fingerprint density at radius 2 is 0.667 bits per heavy atom. The minimum atomic E-state index is -2.03. The lowest BCUT2D eigenvalue weighted by atomic mass is 9.88. The van der Waals surface area contributed by atoms with Crippen molar-refractivity contribution in [1.29, 1.82) is 0 Å². The summed E-state index contributed by atoms with van der Waals surface area (Å²) in [7, 11) is -24.8. The number of aryl methyl sites for hydroxylation is 3. The van der Waals surface area contributed by atoms with Gasteiger partial charge in [0.1, 0.15) is 0 Å². The van der Waals surface area contributed by atoms with Crippen LogP contribution < -0.4 is 10.4 Å². The summed E-state index contributed by atoms with van der Waals surface area (Å²) in [6.45, 7) is 117. The van der Waals surface area contributed by atoms with Crippen molar-refractivity contribution in [2.75, 3.05) is 0 Å². The van der Waals surface area contributed by atoms with Crippen molar-refractivity contribution in [2.24, 2.45) is 5.92 Å². The van der Waals surface area contributed by atoms with Crippen molar-refractivity contribution in [2.45, 2.75) is 287 Å². The van der Waals surface area contributed by atoms with E-state index in [1.807, 2.05) is 21.5 Å². The van der Waals surface area contributed by atoms with Gasteiger partial charge in [-0.15, -0.1) is 0 Å². The summed E-state index contributed by atoms with van der Waals surface area (Å²) >= 11 is 0. The number of rotatable bonds is 20. The fourth-order valence-electron chi connectivity index (χ4n) is 19.2. The third kappa shape index (κ3) is 16.3. The summed E-state index contributed by atoms with van der Waals surface area (Å²) in [4.78, 5) is 5.30. The Morgan fingerprint density at radius 1 is 0.372 bits per heavy atom. The zero-order chi connectivity index (χ0) is 61.8. The van der Waals surface area contributed by atoms with Crippen LogP contribution in [-0.2, 0) is 0 Å². The predicted molar refractivity (Wildman–Crippen MR) is 402 cm³/mol. The molecule has 3 rings (SSSR count). The zero-order valence-electron chi connectivity index (χ0n) is 59.4. The van der Waals surface area contributed by atoms with E-state index in [1.165, 1.54) is 22.4 Å². The first-order valence-corrected chi connectivity index (χ1v) is 75.3. The van der Waals surface area contributed by atoms with Crippen LogP contribution in [0.5, 0.6) is 0 Å². The van der Waals surface area contributed by atoms with Crippen molar-refractivity contribution in [1.82, 2.24) is 0 Å². The molecule has 0 fully saturated rings. The van der Waals surface area contributed by atoms with E-state index < -0.39 is 105 Å². The molecule has 0 saturated heterocycles. The number of hydrogen-bond donors (Lipinski definition) is 0. The van der Waals surface area contributed by atoms with Gasteiger partial charge in [0.25, 0.3) is 0 Å². The van der Waals surface area contributed by atoms with Gasteiger partial charge in [-0.2, -0.15) is 0 Å². The van der Waals surface area contributed by atoms with Crippen molar-refractivity contribution in [3.05, 3.63) is 92.0 Å². The van der Waals surface area contributed by atoms with Crippen LogP contribution in [0.15, 0.2) is 47.2 Å². The molecule has 0 aromatic heterocycles. The Bertz CT molecular complexity index is 2490.